The van der Waals surface area contributed by atoms with Gasteiger partial charge in [-0.15, -0.1) is 0 Å². The largest absolute Gasteiger partial charge is 0.497 e. The summed E-state index contributed by atoms with van der Waals surface area (Å²) in [7, 11) is 4.40. The highest BCUT2D eigenvalue weighted by molar-refractivity contribution is 7.80. The van der Waals surface area contributed by atoms with E-state index in [1.807, 2.05) is 60.7 Å². The van der Waals surface area contributed by atoms with Crippen molar-refractivity contribution in [3.63, 3.8) is 0 Å². The molecule has 0 aliphatic carbocycles. The number of hydrogen-bond donors (Lipinski definition) is 0. The van der Waals surface area contributed by atoms with Gasteiger partial charge in [-0.25, -0.2) is 0 Å². The summed E-state index contributed by atoms with van der Waals surface area (Å²) in [6.07, 6.45) is 0. The van der Waals surface area contributed by atoms with E-state index in [0.29, 0.717) is 23.0 Å². The maximum atomic E-state index is 6.41. The molecule has 0 aromatic heterocycles. The van der Waals surface area contributed by atoms with Gasteiger partial charge < -0.3 is 37.9 Å². The summed E-state index contributed by atoms with van der Waals surface area (Å²) in [5.41, 5.74) is 1.83. The molecule has 0 amide bonds. The highest BCUT2D eigenvalue weighted by atomic mass is 31.1. The fourth-order valence-corrected chi connectivity index (χ4v) is 11.4. The lowest BCUT2D eigenvalue weighted by atomic mass is 10.0. The van der Waals surface area contributed by atoms with E-state index in [2.05, 4.69) is 60.7 Å². The molecule has 0 N–H and O–H groups in total. The number of rotatable bonds is 11. The van der Waals surface area contributed by atoms with Gasteiger partial charge in [0.15, 0.2) is 23.0 Å². The molecule has 6 aromatic carbocycles. The molecule has 10 heteroatoms. The van der Waals surface area contributed by atoms with Crippen LogP contribution in [0.3, 0.4) is 0 Å². The van der Waals surface area contributed by atoms with Crippen molar-refractivity contribution in [2.24, 2.45) is 0 Å². The van der Waals surface area contributed by atoms with Crippen molar-refractivity contribution >= 4 is 47.7 Å². The minimum absolute atomic E-state index is 0.113. The molecule has 0 unspecified atom stereocenters. The molecule has 0 atom stereocenters. The highest BCUT2D eigenvalue weighted by Crippen LogP contribution is 2.53. The van der Waals surface area contributed by atoms with E-state index in [4.69, 9.17) is 37.9 Å². The number of methoxy groups -OCH3 is 4. The minimum Gasteiger partial charge on any atom is -0.497 e. The van der Waals surface area contributed by atoms with E-state index in [9.17, 15) is 0 Å². The molecule has 8 nitrogen and oxygen atoms in total. The minimum atomic E-state index is -1.16. The lowest BCUT2D eigenvalue weighted by Gasteiger charge is -2.28. The average molecular weight is 731 g/mol. The van der Waals surface area contributed by atoms with Crippen LogP contribution in [0, 0.1) is 0 Å². The number of fused-ring (bicyclic) bond motifs is 2. The van der Waals surface area contributed by atoms with E-state index in [0.717, 1.165) is 66.0 Å². The van der Waals surface area contributed by atoms with Crippen molar-refractivity contribution in [1.82, 2.24) is 0 Å². The van der Waals surface area contributed by atoms with Crippen LogP contribution in [-0.2, 0) is 0 Å². The van der Waals surface area contributed by atoms with Crippen LogP contribution in [0.1, 0.15) is 0 Å². The van der Waals surface area contributed by atoms with Crippen LogP contribution in [0.15, 0.2) is 121 Å². The molecule has 0 saturated heterocycles. The molecule has 2 aliphatic heterocycles. The van der Waals surface area contributed by atoms with Gasteiger partial charge in [-0.3, -0.25) is 0 Å². The second-order valence-electron chi connectivity index (χ2n) is 11.8. The van der Waals surface area contributed by atoms with Gasteiger partial charge in [0.25, 0.3) is 0 Å². The third-order valence-electron chi connectivity index (χ3n) is 9.09. The van der Waals surface area contributed by atoms with Crippen LogP contribution >= 0.6 is 15.8 Å². The molecule has 262 valence electrons. The first-order chi connectivity index (χ1) is 25.6. The van der Waals surface area contributed by atoms with Crippen LogP contribution in [0.25, 0.3) is 11.1 Å². The molecule has 0 radical (unpaired) electrons. The van der Waals surface area contributed by atoms with Crippen LogP contribution < -0.4 is 69.7 Å². The van der Waals surface area contributed by atoms with E-state index < -0.39 is 15.8 Å². The monoisotopic (exact) mass is 730 g/mol. The third-order valence-corrected chi connectivity index (χ3v) is 14.1. The third kappa shape index (κ3) is 6.23. The van der Waals surface area contributed by atoms with Gasteiger partial charge >= 0.3 is 0 Å². The molecule has 8 rings (SSSR count). The summed E-state index contributed by atoms with van der Waals surface area (Å²) < 4.78 is 47.2. The average Bonchev–Trinajstić information content (AvgIpc) is 3.90. The number of ether oxygens (including phenoxy) is 8. The van der Waals surface area contributed by atoms with Crippen molar-refractivity contribution in [2.75, 3.05) is 42.0 Å². The first-order valence-corrected chi connectivity index (χ1v) is 19.3. The van der Waals surface area contributed by atoms with E-state index in [1.165, 1.54) is 0 Å². The molecular weight excluding hydrogens is 694 g/mol. The Bertz CT molecular complexity index is 1930. The van der Waals surface area contributed by atoms with Gasteiger partial charge in [-0.05, 0) is 120 Å². The number of hydrogen-bond acceptors (Lipinski definition) is 8. The lowest BCUT2D eigenvalue weighted by molar-refractivity contribution is 0.173. The Balaban J connectivity index is 1.43. The molecular formula is C42H36O8P2. The Morgan fingerprint density at radius 2 is 0.654 bits per heavy atom. The van der Waals surface area contributed by atoms with Crippen molar-refractivity contribution in [2.45, 2.75) is 0 Å². The second kappa shape index (κ2) is 14.7. The van der Waals surface area contributed by atoms with E-state index >= 15 is 0 Å². The maximum Gasteiger partial charge on any atom is 0.231 e. The highest BCUT2D eigenvalue weighted by Gasteiger charge is 2.35. The zero-order valence-corrected chi connectivity index (χ0v) is 30.9. The topological polar surface area (TPSA) is 73.8 Å². The van der Waals surface area contributed by atoms with Gasteiger partial charge in [0.1, 0.15) is 23.0 Å². The predicted molar refractivity (Wildman–Crippen MR) is 208 cm³/mol. The summed E-state index contributed by atoms with van der Waals surface area (Å²) in [6.45, 7) is 0.227. The molecule has 2 aliphatic rings. The Morgan fingerprint density at radius 1 is 0.365 bits per heavy atom. The van der Waals surface area contributed by atoms with Gasteiger partial charge in [0.05, 0.1) is 28.4 Å². The standard InChI is InChI=1S/C42H36O8P2/c1-43-27-5-13-31(14-6-27)51(32-15-7-28(44-2)8-16-32)37-23-21-35-41(49-25-47-35)39(37)40-38(24-22-36-42(40)50-26-48-36)52(33-17-9-29(45-3)10-18-33)34-19-11-30(46-4)12-20-34/h5-24H,25-26H2,1-4H3. The smallest absolute Gasteiger partial charge is 0.231 e. The molecule has 6 aromatic rings. The quantitative estimate of drug-likeness (QED) is 0.143. The molecule has 0 bridgehead atoms. The first-order valence-electron chi connectivity index (χ1n) is 16.6. The number of benzene rings is 6. The Labute approximate surface area is 305 Å². The summed E-state index contributed by atoms with van der Waals surface area (Å²) in [5.74, 6) is 5.87. The maximum absolute atomic E-state index is 6.41. The molecule has 0 fully saturated rings. The first kappa shape index (κ1) is 33.7. The summed E-state index contributed by atoms with van der Waals surface area (Å²) in [4.78, 5) is 0. The summed E-state index contributed by atoms with van der Waals surface area (Å²) in [5, 5.41) is 6.72. The van der Waals surface area contributed by atoms with Crippen LogP contribution in [0.5, 0.6) is 46.0 Å². The fourth-order valence-electron chi connectivity index (χ4n) is 6.56. The molecule has 52 heavy (non-hydrogen) atoms. The van der Waals surface area contributed by atoms with Crippen LogP contribution in [0.4, 0.5) is 0 Å². The zero-order valence-electron chi connectivity index (χ0n) is 29.1. The van der Waals surface area contributed by atoms with Crippen molar-refractivity contribution < 1.29 is 37.9 Å². The van der Waals surface area contributed by atoms with Gasteiger partial charge in [-0.1, -0.05) is 48.5 Å². The SMILES string of the molecule is COc1ccc(P(c2ccc(OC)cc2)c2ccc3c(c2-c2c(P(c4ccc(OC)cc4)c4ccc(OC)cc4)ccc4c2OCO4)OCO3)cc1. The Kier molecular flexibility index (Phi) is 9.51. The second-order valence-corrected chi connectivity index (χ2v) is 16.2. The van der Waals surface area contributed by atoms with Crippen LogP contribution in [0.2, 0.25) is 0 Å². The zero-order chi connectivity index (χ0) is 35.6. The van der Waals surface area contributed by atoms with Gasteiger partial charge in [0, 0.05) is 11.1 Å². The Hall–Kier alpha value is -5.42. The van der Waals surface area contributed by atoms with Crippen LogP contribution in [-0.4, -0.2) is 42.0 Å². The predicted octanol–water partition coefficient (Wildman–Crippen LogP) is 6.36. The van der Waals surface area contributed by atoms with E-state index in [-0.39, 0.29) is 13.6 Å². The summed E-state index contributed by atoms with van der Waals surface area (Å²) in [6, 6.07) is 41.6. The van der Waals surface area contributed by atoms with E-state index in [1.54, 1.807) is 28.4 Å². The lowest BCUT2D eigenvalue weighted by Crippen LogP contribution is -2.26. The Morgan fingerprint density at radius 3 is 0.923 bits per heavy atom. The van der Waals surface area contributed by atoms with Crippen molar-refractivity contribution in [3.8, 4) is 57.1 Å². The normalized spacial score (nSPS) is 12.7. The van der Waals surface area contributed by atoms with Gasteiger partial charge in [-0.2, -0.15) is 0 Å². The molecule has 0 saturated carbocycles. The van der Waals surface area contributed by atoms with Gasteiger partial charge in [0.2, 0.25) is 13.6 Å². The molecule has 0 spiro atoms. The molecule has 2 heterocycles. The fraction of sp³-hybridized carbons (Fsp3) is 0.143. The summed E-state index contributed by atoms with van der Waals surface area (Å²) >= 11 is 0. The van der Waals surface area contributed by atoms with Crippen molar-refractivity contribution in [3.05, 3.63) is 121 Å². The van der Waals surface area contributed by atoms with Crippen molar-refractivity contribution in [1.29, 1.82) is 0 Å².